The van der Waals surface area contributed by atoms with Crippen molar-refractivity contribution in [1.29, 1.82) is 0 Å². The zero-order valence-corrected chi connectivity index (χ0v) is 10.4. The van der Waals surface area contributed by atoms with Gasteiger partial charge in [-0.3, -0.25) is 4.79 Å². The van der Waals surface area contributed by atoms with Crippen molar-refractivity contribution >= 4 is 17.3 Å². The Morgan fingerprint density at radius 3 is 2.56 bits per heavy atom. The van der Waals surface area contributed by atoms with Crippen LogP contribution < -0.4 is 10.6 Å². The van der Waals surface area contributed by atoms with E-state index in [1.807, 2.05) is 13.8 Å². The molecule has 5 heteroatoms. The molecular weight excluding hydrogens is 238 g/mol. The maximum Gasteiger partial charge on any atom is 0.232 e. The molecule has 18 heavy (non-hydrogen) atoms. The first kappa shape index (κ1) is 12.8. The molecule has 0 saturated heterocycles. The molecule has 0 radical (unpaired) electrons. The van der Waals surface area contributed by atoms with Gasteiger partial charge < -0.3 is 10.6 Å². The van der Waals surface area contributed by atoms with E-state index in [-0.39, 0.29) is 11.6 Å². The van der Waals surface area contributed by atoms with Crippen LogP contribution in [0.5, 0.6) is 0 Å². The minimum Gasteiger partial charge on any atom is -0.382 e. The highest BCUT2D eigenvalue weighted by Crippen LogP contribution is 2.36. The fourth-order valence-corrected chi connectivity index (χ4v) is 2.25. The number of carbonyl (C=O) groups is 1. The minimum atomic E-state index is -0.756. The summed E-state index contributed by atoms with van der Waals surface area (Å²) in [5.74, 6) is -1.63. The van der Waals surface area contributed by atoms with Crippen LogP contribution in [0.2, 0.25) is 0 Å². The maximum atomic E-state index is 13.7. The summed E-state index contributed by atoms with van der Waals surface area (Å²) in [5.41, 5.74) is -0.253. The first-order valence-electron chi connectivity index (χ1n) is 6.07. The molecule has 0 unspecified atom stereocenters. The van der Waals surface area contributed by atoms with Gasteiger partial charge in [0.1, 0.15) is 11.5 Å². The van der Waals surface area contributed by atoms with E-state index in [0.717, 1.165) is 6.07 Å². The lowest BCUT2D eigenvalue weighted by molar-refractivity contribution is -0.125. The SMILES string of the molecule is CCC1(CC)CNc2cc(F)cc(F)c2NC1=O. The lowest BCUT2D eigenvalue weighted by atomic mass is 9.81. The Balaban J connectivity index is 2.45. The molecule has 1 aliphatic heterocycles. The number of hydrogen-bond acceptors (Lipinski definition) is 2. The molecule has 2 rings (SSSR count). The Kier molecular flexibility index (Phi) is 3.24. The highest BCUT2D eigenvalue weighted by Gasteiger charge is 2.37. The second-order valence-corrected chi connectivity index (χ2v) is 4.61. The van der Waals surface area contributed by atoms with Gasteiger partial charge >= 0.3 is 0 Å². The number of fused-ring (bicyclic) bond motifs is 1. The molecule has 0 fully saturated rings. The minimum absolute atomic E-state index is 0.0326. The number of rotatable bonds is 2. The average Bonchev–Trinajstić information content (AvgIpc) is 2.47. The van der Waals surface area contributed by atoms with Gasteiger partial charge in [-0.2, -0.15) is 0 Å². The second kappa shape index (κ2) is 4.55. The van der Waals surface area contributed by atoms with E-state index in [1.54, 1.807) is 0 Å². The number of halogens is 2. The van der Waals surface area contributed by atoms with Crippen LogP contribution in [0.1, 0.15) is 26.7 Å². The third-order valence-electron chi connectivity index (χ3n) is 3.75. The fraction of sp³-hybridized carbons (Fsp3) is 0.462. The van der Waals surface area contributed by atoms with Crippen molar-refractivity contribution in [2.24, 2.45) is 5.41 Å². The summed E-state index contributed by atoms with van der Waals surface area (Å²) in [6.45, 7) is 4.21. The molecule has 0 spiro atoms. The molecule has 1 aromatic carbocycles. The van der Waals surface area contributed by atoms with E-state index < -0.39 is 17.0 Å². The van der Waals surface area contributed by atoms with Gasteiger partial charge in [0.15, 0.2) is 5.82 Å². The summed E-state index contributed by atoms with van der Waals surface area (Å²) in [5, 5.41) is 5.53. The van der Waals surface area contributed by atoms with Gasteiger partial charge in [-0.05, 0) is 18.9 Å². The molecule has 0 atom stereocenters. The van der Waals surface area contributed by atoms with E-state index in [0.29, 0.717) is 25.1 Å². The normalized spacial score (nSPS) is 17.4. The second-order valence-electron chi connectivity index (χ2n) is 4.61. The van der Waals surface area contributed by atoms with Gasteiger partial charge in [0.2, 0.25) is 5.91 Å². The van der Waals surface area contributed by atoms with E-state index in [2.05, 4.69) is 10.6 Å². The molecule has 0 aromatic heterocycles. The summed E-state index contributed by atoms with van der Waals surface area (Å²) in [6, 6.07) is 1.96. The Bertz CT molecular complexity index is 484. The van der Waals surface area contributed by atoms with Crippen molar-refractivity contribution in [1.82, 2.24) is 0 Å². The van der Waals surface area contributed by atoms with Crippen molar-refractivity contribution < 1.29 is 13.6 Å². The van der Waals surface area contributed by atoms with Crippen LogP contribution in [0.3, 0.4) is 0 Å². The molecule has 1 amide bonds. The topological polar surface area (TPSA) is 41.1 Å². The smallest absolute Gasteiger partial charge is 0.232 e. The number of benzene rings is 1. The predicted molar refractivity (Wildman–Crippen MR) is 66.5 cm³/mol. The number of nitrogens with one attached hydrogen (secondary N) is 2. The van der Waals surface area contributed by atoms with Crippen molar-refractivity contribution in [2.45, 2.75) is 26.7 Å². The van der Waals surface area contributed by atoms with Gasteiger partial charge in [0.05, 0.1) is 11.1 Å². The van der Waals surface area contributed by atoms with Crippen LogP contribution in [0.25, 0.3) is 0 Å². The lowest BCUT2D eigenvalue weighted by Crippen LogP contribution is -2.39. The zero-order chi connectivity index (χ0) is 13.3. The van der Waals surface area contributed by atoms with Gasteiger partial charge in [-0.25, -0.2) is 8.78 Å². The Hall–Kier alpha value is -1.65. The van der Waals surface area contributed by atoms with Gasteiger partial charge in [0, 0.05) is 12.6 Å². The Morgan fingerprint density at radius 1 is 1.28 bits per heavy atom. The lowest BCUT2D eigenvalue weighted by Gasteiger charge is -2.27. The van der Waals surface area contributed by atoms with Crippen LogP contribution in [-0.2, 0) is 4.79 Å². The van der Waals surface area contributed by atoms with E-state index in [1.165, 1.54) is 6.07 Å². The van der Waals surface area contributed by atoms with Crippen LogP contribution in [-0.4, -0.2) is 12.5 Å². The van der Waals surface area contributed by atoms with Crippen LogP contribution in [0, 0.1) is 17.0 Å². The molecule has 0 bridgehead atoms. The molecule has 0 saturated carbocycles. The number of hydrogen-bond donors (Lipinski definition) is 2. The summed E-state index contributed by atoms with van der Waals surface area (Å²) in [6.07, 6.45) is 1.28. The maximum absolute atomic E-state index is 13.7. The number of carbonyl (C=O) groups excluding carboxylic acids is 1. The quantitative estimate of drug-likeness (QED) is 0.851. The fourth-order valence-electron chi connectivity index (χ4n) is 2.25. The summed E-state index contributed by atoms with van der Waals surface area (Å²) < 4.78 is 26.8. The molecule has 2 N–H and O–H groups in total. The predicted octanol–water partition coefficient (Wildman–Crippen LogP) is 3.14. The Morgan fingerprint density at radius 2 is 1.94 bits per heavy atom. The number of amides is 1. The first-order chi connectivity index (χ1) is 8.52. The first-order valence-corrected chi connectivity index (χ1v) is 6.07. The van der Waals surface area contributed by atoms with Gasteiger partial charge in [0.25, 0.3) is 0 Å². The van der Waals surface area contributed by atoms with Crippen molar-refractivity contribution in [3.63, 3.8) is 0 Å². The van der Waals surface area contributed by atoms with Crippen molar-refractivity contribution in [2.75, 3.05) is 17.2 Å². The van der Waals surface area contributed by atoms with Crippen molar-refractivity contribution in [3.8, 4) is 0 Å². The molecule has 0 aliphatic carbocycles. The molecule has 3 nitrogen and oxygen atoms in total. The molecular formula is C13H16F2N2O. The monoisotopic (exact) mass is 254 g/mol. The summed E-state index contributed by atoms with van der Waals surface area (Å²) >= 11 is 0. The van der Waals surface area contributed by atoms with Crippen LogP contribution >= 0.6 is 0 Å². The third-order valence-corrected chi connectivity index (χ3v) is 3.75. The zero-order valence-electron chi connectivity index (χ0n) is 10.4. The van der Waals surface area contributed by atoms with Crippen LogP contribution in [0.4, 0.5) is 20.2 Å². The largest absolute Gasteiger partial charge is 0.382 e. The van der Waals surface area contributed by atoms with Crippen molar-refractivity contribution in [3.05, 3.63) is 23.8 Å². The molecule has 1 aromatic rings. The highest BCUT2D eigenvalue weighted by molar-refractivity contribution is 6.00. The van der Waals surface area contributed by atoms with E-state index in [9.17, 15) is 13.6 Å². The average molecular weight is 254 g/mol. The summed E-state index contributed by atoms with van der Waals surface area (Å²) in [4.78, 5) is 12.2. The standard InChI is InChI=1S/C13H16F2N2O/c1-3-13(4-2)7-16-10-6-8(14)5-9(15)11(10)17-12(13)18/h5-6,16H,3-4,7H2,1-2H3,(H,17,18). The molecule has 1 aliphatic rings. The van der Waals surface area contributed by atoms with E-state index in [4.69, 9.17) is 0 Å². The highest BCUT2D eigenvalue weighted by atomic mass is 19.1. The third kappa shape index (κ3) is 1.94. The Labute approximate surface area is 105 Å². The molecule has 98 valence electrons. The van der Waals surface area contributed by atoms with Crippen LogP contribution in [0.15, 0.2) is 12.1 Å². The number of anilines is 2. The van der Waals surface area contributed by atoms with E-state index >= 15 is 0 Å². The molecule has 1 heterocycles. The summed E-state index contributed by atoms with van der Waals surface area (Å²) in [7, 11) is 0. The van der Waals surface area contributed by atoms with Gasteiger partial charge in [-0.1, -0.05) is 13.8 Å². The van der Waals surface area contributed by atoms with Gasteiger partial charge in [-0.15, -0.1) is 0 Å².